The van der Waals surface area contributed by atoms with Crippen LogP contribution in [0.4, 0.5) is 5.69 Å². The molecule has 2 aromatic carbocycles. The second-order valence-electron chi connectivity index (χ2n) is 8.85. The number of fused-ring (bicyclic) bond motifs is 2. The van der Waals surface area contributed by atoms with Gasteiger partial charge in [0.1, 0.15) is 5.75 Å². The van der Waals surface area contributed by atoms with E-state index in [1.807, 2.05) is 33.2 Å². The number of phenolic OH excluding ortho intramolecular Hbond substituents is 1. The van der Waals surface area contributed by atoms with Crippen LogP contribution in [0.15, 0.2) is 30.5 Å². The number of nitrogens with one attached hydrogen (secondary N) is 1. The maximum atomic E-state index is 10.8. The number of aromatic nitrogens is 4. The molecule has 0 saturated carbocycles. The third kappa shape index (κ3) is 3.39. The average Bonchev–Trinajstić information content (AvgIpc) is 3.10. The highest BCUT2D eigenvalue weighted by Gasteiger charge is 2.22. The van der Waals surface area contributed by atoms with E-state index in [0.29, 0.717) is 23.5 Å². The van der Waals surface area contributed by atoms with Crippen molar-refractivity contribution < 1.29 is 5.11 Å². The summed E-state index contributed by atoms with van der Waals surface area (Å²) in [6.07, 6.45) is 1.95. The lowest BCUT2D eigenvalue weighted by Gasteiger charge is -2.37. The van der Waals surface area contributed by atoms with Crippen molar-refractivity contribution in [2.45, 2.75) is 39.8 Å². The summed E-state index contributed by atoms with van der Waals surface area (Å²) in [4.78, 5) is 12.0. The molecule has 2 N–H and O–H groups in total. The van der Waals surface area contributed by atoms with E-state index in [-0.39, 0.29) is 5.75 Å². The Morgan fingerprint density at radius 3 is 2.55 bits per heavy atom. The molecule has 7 heteroatoms. The molecule has 160 valence electrons. The first-order valence-corrected chi connectivity index (χ1v) is 10.8. The van der Waals surface area contributed by atoms with Gasteiger partial charge >= 0.3 is 0 Å². The van der Waals surface area contributed by atoms with E-state index < -0.39 is 0 Å². The number of benzene rings is 2. The van der Waals surface area contributed by atoms with Gasteiger partial charge in [-0.1, -0.05) is 0 Å². The van der Waals surface area contributed by atoms with Gasteiger partial charge in [-0.05, 0) is 52.0 Å². The van der Waals surface area contributed by atoms with E-state index in [0.717, 1.165) is 46.2 Å². The van der Waals surface area contributed by atoms with Gasteiger partial charge in [-0.2, -0.15) is 5.10 Å². The molecule has 7 nitrogen and oxygen atoms in total. The number of aryl methyl sites for hydroxylation is 3. The van der Waals surface area contributed by atoms with Crippen molar-refractivity contribution in [2.24, 2.45) is 7.05 Å². The Labute approximate surface area is 181 Å². The molecule has 1 aliphatic rings. The highest BCUT2D eigenvalue weighted by Crippen LogP contribution is 2.36. The molecule has 0 aliphatic carbocycles. The predicted molar refractivity (Wildman–Crippen MR) is 125 cm³/mol. The van der Waals surface area contributed by atoms with Crippen LogP contribution in [0.3, 0.4) is 0 Å². The molecule has 1 fully saturated rings. The highest BCUT2D eigenvalue weighted by molar-refractivity contribution is 5.92. The molecule has 0 amide bonds. The maximum absolute atomic E-state index is 10.8. The van der Waals surface area contributed by atoms with Gasteiger partial charge in [-0.3, -0.25) is 4.68 Å². The van der Waals surface area contributed by atoms with Crippen molar-refractivity contribution in [3.05, 3.63) is 41.7 Å². The lowest BCUT2D eigenvalue weighted by atomic mass is 10.0. The molecule has 0 unspecified atom stereocenters. The van der Waals surface area contributed by atoms with Gasteiger partial charge in [-0.25, -0.2) is 9.97 Å². The summed E-state index contributed by atoms with van der Waals surface area (Å²) in [6.45, 7) is 10.3. The number of aromatic hydroxyl groups is 1. The lowest BCUT2D eigenvalue weighted by molar-refractivity contribution is 0.407. The fraction of sp³-hybridized carbons (Fsp3) is 0.375. The SMILES string of the molecule is Cc1nc(-c2cc3cn(C)nc3c(C)c2O)nc2ccc(N3C[C@@H](C)N[C@@H](C)C3)cc12. The molecule has 1 saturated heterocycles. The zero-order valence-corrected chi connectivity index (χ0v) is 18.6. The zero-order chi connectivity index (χ0) is 21.9. The highest BCUT2D eigenvalue weighted by atomic mass is 16.3. The Balaban J connectivity index is 1.59. The van der Waals surface area contributed by atoms with E-state index in [2.05, 4.69) is 47.4 Å². The fourth-order valence-corrected chi connectivity index (χ4v) is 4.74. The number of nitrogens with zero attached hydrogens (tertiary/aromatic N) is 5. The van der Waals surface area contributed by atoms with Crippen molar-refractivity contribution in [1.29, 1.82) is 0 Å². The minimum absolute atomic E-state index is 0.186. The van der Waals surface area contributed by atoms with E-state index in [1.165, 1.54) is 5.69 Å². The molecule has 1 aliphatic heterocycles. The Hall–Kier alpha value is -3.19. The summed E-state index contributed by atoms with van der Waals surface area (Å²) >= 11 is 0. The molecule has 31 heavy (non-hydrogen) atoms. The topological polar surface area (TPSA) is 79.1 Å². The van der Waals surface area contributed by atoms with Crippen LogP contribution >= 0.6 is 0 Å². The van der Waals surface area contributed by atoms with E-state index in [9.17, 15) is 5.11 Å². The summed E-state index contributed by atoms with van der Waals surface area (Å²) < 4.78 is 1.76. The smallest absolute Gasteiger partial charge is 0.163 e. The van der Waals surface area contributed by atoms with Gasteiger partial charge in [0.25, 0.3) is 0 Å². The molecular weight excluding hydrogens is 388 g/mol. The lowest BCUT2D eigenvalue weighted by Crippen LogP contribution is -2.54. The number of anilines is 1. The van der Waals surface area contributed by atoms with Crippen molar-refractivity contribution in [3.63, 3.8) is 0 Å². The standard InChI is InChI=1S/C24H28N6O/c1-13-10-30(11-14(2)25-13)18-6-7-21-19(9-18)16(4)26-24(27-21)20-8-17-12-29(5)28-22(17)15(3)23(20)31/h6-9,12-14,25,31H,10-11H2,1-5H3/t13-,14+. The maximum Gasteiger partial charge on any atom is 0.163 e. The molecule has 3 heterocycles. The summed E-state index contributed by atoms with van der Waals surface area (Å²) in [6, 6.07) is 9.21. The largest absolute Gasteiger partial charge is 0.507 e. The normalized spacial score (nSPS) is 19.5. The van der Waals surface area contributed by atoms with Crippen molar-refractivity contribution >= 4 is 27.5 Å². The molecule has 4 aromatic rings. The van der Waals surface area contributed by atoms with E-state index in [1.54, 1.807) is 4.68 Å². The molecule has 0 radical (unpaired) electrons. The fourth-order valence-electron chi connectivity index (χ4n) is 4.74. The minimum Gasteiger partial charge on any atom is -0.507 e. The molecule has 0 bridgehead atoms. The van der Waals surface area contributed by atoms with Crippen LogP contribution in [-0.4, -0.2) is 50.0 Å². The third-order valence-corrected chi connectivity index (χ3v) is 6.16. The molecule has 5 rings (SSSR count). The predicted octanol–water partition coefficient (Wildman–Crippen LogP) is 3.69. The van der Waals surface area contributed by atoms with Crippen LogP contribution in [0.5, 0.6) is 5.75 Å². The van der Waals surface area contributed by atoms with Gasteiger partial charge in [0.05, 0.1) is 16.6 Å². The Bertz CT molecular complexity index is 1300. The summed E-state index contributed by atoms with van der Waals surface area (Å²) in [5, 5.41) is 20.9. The zero-order valence-electron chi connectivity index (χ0n) is 18.6. The van der Waals surface area contributed by atoms with Crippen LogP contribution in [-0.2, 0) is 7.05 Å². The minimum atomic E-state index is 0.186. The molecular formula is C24H28N6O. The third-order valence-electron chi connectivity index (χ3n) is 6.16. The van der Waals surface area contributed by atoms with Gasteiger partial charge in [0, 0.05) is 66.1 Å². The summed E-state index contributed by atoms with van der Waals surface area (Å²) in [7, 11) is 1.88. The van der Waals surface area contributed by atoms with Crippen molar-refractivity contribution in [1.82, 2.24) is 25.1 Å². The van der Waals surface area contributed by atoms with Crippen LogP contribution in [0.2, 0.25) is 0 Å². The first kappa shape index (κ1) is 19.8. The van der Waals surface area contributed by atoms with E-state index in [4.69, 9.17) is 9.97 Å². The second-order valence-corrected chi connectivity index (χ2v) is 8.85. The number of hydrogen-bond donors (Lipinski definition) is 2. The molecule has 2 aromatic heterocycles. The number of hydrogen-bond acceptors (Lipinski definition) is 6. The van der Waals surface area contributed by atoms with Gasteiger partial charge in [0.2, 0.25) is 0 Å². The summed E-state index contributed by atoms with van der Waals surface area (Å²) in [5.41, 5.74) is 5.16. The quantitative estimate of drug-likeness (QED) is 0.519. The molecule has 0 spiro atoms. The molecule has 2 atom stereocenters. The van der Waals surface area contributed by atoms with E-state index >= 15 is 0 Å². The van der Waals surface area contributed by atoms with Crippen LogP contribution < -0.4 is 10.2 Å². The number of piperazine rings is 1. The van der Waals surface area contributed by atoms with Crippen LogP contribution in [0.1, 0.15) is 25.1 Å². The monoisotopic (exact) mass is 416 g/mol. The first-order chi connectivity index (χ1) is 14.8. The Kier molecular flexibility index (Phi) is 4.59. The van der Waals surface area contributed by atoms with Crippen molar-refractivity contribution in [2.75, 3.05) is 18.0 Å². The Morgan fingerprint density at radius 1 is 1.06 bits per heavy atom. The second kappa shape index (κ2) is 7.20. The number of rotatable bonds is 2. The van der Waals surface area contributed by atoms with Gasteiger partial charge in [0.15, 0.2) is 5.82 Å². The van der Waals surface area contributed by atoms with Gasteiger partial charge < -0.3 is 15.3 Å². The van der Waals surface area contributed by atoms with Gasteiger partial charge in [-0.15, -0.1) is 0 Å². The first-order valence-electron chi connectivity index (χ1n) is 10.8. The van der Waals surface area contributed by atoms with Crippen molar-refractivity contribution in [3.8, 4) is 17.1 Å². The van der Waals surface area contributed by atoms with Crippen LogP contribution in [0.25, 0.3) is 33.2 Å². The van der Waals surface area contributed by atoms with Crippen LogP contribution in [0, 0.1) is 13.8 Å². The summed E-state index contributed by atoms with van der Waals surface area (Å²) in [5.74, 6) is 0.721. The number of phenols is 1. The Morgan fingerprint density at radius 2 is 1.81 bits per heavy atom. The average molecular weight is 417 g/mol.